The van der Waals surface area contributed by atoms with Gasteiger partial charge in [0, 0.05) is 6.42 Å². The molecular weight excluding hydrogens is 140 g/mol. The summed E-state index contributed by atoms with van der Waals surface area (Å²) in [5, 5.41) is 7.85. The summed E-state index contributed by atoms with van der Waals surface area (Å²) in [4.78, 5) is 4.09. The molecule has 4 nitrogen and oxygen atoms in total. The van der Waals surface area contributed by atoms with Crippen molar-refractivity contribution in [3.63, 3.8) is 0 Å². The Morgan fingerprint density at radius 3 is 2.73 bits per heavy atom. The number of hydrogen-bond acceptors (Lipinski definition) is 4. The summed E-state index contributed by atoms with van der Waals surface area (Å²) in [7, 11) is 0. The topological polar surface area (TPSA) is 64.7 Å². The van der Waals surface area contributed by atoms with Gasteiger partial charge in [0.2, 0.25) is 0 Å². The summed E-state index contributed by atoms with van der Waals surface area (Å²) in [6, 6.07) is 0. The van der Waals surface area contributed by atoms with Crippen LogP contribution >= 0.6 is 0 Å². The zero-order chi connectivity index (χ0) is 8.10. The molecule has 1 aromatic rings. The van der Waals surface area contributed by atoms with Gasteiger partial charge in [-0.25, -0.2) is 4.98 Å². The predicted octanol–water partition coefficient (Wildman–Crippen LogP) is -0.0648. The number of aromatic nitrogens is 3. The minimum absolute atomic E-state index is 0.577. The Balaban J connectivity index is 2.66. The average molecular weight is 152 g/mol. The van der Waals surface area contributed by atoms with Crippen LogP contribution in [0.2, 0.25) is 0 Å². The third kappa shape index (κ3) is 2.23. The van der Waals surface area contributed by atoms with Crippen molar-refractivity contribution in [3.05, 3.63) is 17.7 Å². The molecule has 1 aromatic heterocycles. The molecule has 0 fully saturated rings. The highest BCUT2D eigenvalue weighted by Crippen LogP contribution is 1.91. The van der Waals surface area contributed by atoms with Crippen LogP contribution in [-0.4, -0.2) is 21.7 Å². The fourth-order valence-electron chi connectivity index (χ4n) is 0.728. The second-order valence-electron chi connectivity index (χ2n) is 2.26. The molecule has 0 spiro atoms. The number of rotatable bonds is 3. The van der Waals surface area contributed by atoms with Gasteiger partial charge >= 0.3 is 0 Å². The van der Waals surface area contributed by atoms with E-state index in [1.807, 2.05) is 6.92 Å². The van der Waals surface area contributed by atoms with Crippen LogP contribution in [0.3, 0.4) is 0 Å². The van der Waals surface area contributed by atoms with Crippen molar-refractivity contribution in [1.29, 1.82) is 0 Å². The van der Waals surface area contributed by atoms with E-state index in [1.54, 1.807) is 6.20 Å². The van der Waals surface area contributed by atoms with E-state index in [9.17, 15) is 0 Å². The second kappa shape index (κ2) is 3.98. The Labute approximate surface area is 65.9 Å². The lowest BCUT2D eigenvalue weighted by molar-refractivity contribution is 0.778. The van der Waals surface area contributed by atoms with Crippen LogP contribution in [0.25, 0.3) is 0 Å². The van der Waals surface area contributed by atoms with Crippen LogP contribution in [0.1, 0.15) is 18.4 Å². The van der Waals surface area contributed by atoms with E-state index in [1.165, 1.54) is 0 Å². The van der Waals surface area contributed by atoms with Crippen LogP contribution in [0, 0.1) is 0 Å². The number of nitrogens with zero attached hydrogens (tertiary/aromatic N) is 3. The first-order valence-electron chi connectivity index (χ1n) is 3.74. The standard InChI is InChI=1S/C7H12N4/c1-2-6-5-9-7(3-4-8)11-10-6/h5H,2-4,8H2,1H3. The maximum Gasteiger partial charge on any atom is 0.152 e. The molecule has 0 atom stereocenters. The van der Waals surface area contributed by atoms with Gasteiger partial charge in [-0.1, -0.05) is 6.92 Å². The van der Waals surface area contributed by atoms with Gasteiger partial charge in [0.25, 0.3) is 0 Å². The van der Waals surface area contributed by atoms with Gasteiger partial charge in [-0.15, -0.1) is 5.10 Å². The van der Waals surface area contributed by atoms with Gasteiger partial charge in [0.15, 0.2) is 5.82 Å². The Morgan fingerprint density at radius 1 is 1.45 bits per heavy atom. The molecule has 1 rings (SSSR count). The minimum atomic E-state index is 0.577. The van der Waals surface area contributed by atoms with Crippen molar-refractivity contribution in [2.24, 2.45) is 5.73 Å². The molecular formula is C7H12N4. The highest BCUT2D eigenvalue weighted by molar-refractivity contribution is 4.93. The van der Waals surface area contributed by atoms with E-state index >= 15 is 0 Å². The van der Waals surface area contributed by atoms with Crippen molar-refractivity contribution < 1.29 is 0 Å². The van der Waals surface area contributed by atoms with E-state index in [-0.39, 0.29) is 0 Å². The summed E-state index contributed by atoms with van der Waals surface area (Å²) in [6.45, 7) is 2.60. The maximum atomic E-state index is 5.32. The molecule has 0 aliphatic rings. The SMILES string of the molecule is CCc1cnc(CCN)nn1. The zero-order valence-corrected chi connectivity index (χ0v) is 6.62. The second-order valence-corrected chi connectivity index (χ2v) is 2.26. The molecule has 0 aliphatic carbocycles. The van der Waals surface area contributed by atoms with Crippen molar-refractivity contribution in [2.45, 2.75) is 19.8 Å². The molecule has 0 saturated heterocycles. The molecule has 2 N–H and O–H groups in total. The molecule has 4 heteroatoms. The summed E-state index contributed by atoms with van der Waals surface area (Å²) in [5.74, 6) is 0.727. The fraction of sp³-hybridized carbons (Fsp3) is 0.571. The number of nitrogens with two attached hydrogens (primary N) is 1. The Morgan fingerprint density at radius 2 is 2.27 bits per heavy atom. The minimum Gasteiger partial charge on any atom is -0.330 e. The van der Waals surface area contributed by atoms with E-state index in [0.29, 0.717) is 13.0 Å². The molecule has 0 saturated carbocycles. The van der Waals surface area contributed by atoms with Crippen LogP contribution in [0.5, 0.6) is 0 Å². The quantitative estimate of drug-likeness (QED) is 0.658. The molecule has 0 unspecified atom stereocenters. The largest absolute Gasteiger partial charge is 0.330 e. The Hall–Kier alpha value is -1.03. The molecule has 0 radical (unpaired) electrons. The highest BCUT2D eigenvalue weighted by atomic mass is 15.1. The molecule has 1 heterocycles. The molecule has 60 valence electrons. The summed E-state index contributed by atoms with van der Waals surface area (Å²) < 4.78 is 0. The lowest BCUT2D eigenvalue weighted by Crippen LogP contribution is -2.08. The number of hydrogen-bond donors (Lipinski definition) is 1. The Kier molecular flexibility index (Phi) is 2.92. The molecule has 0 amide bonds. The van der Waals surface area contributed by atoms with E-state index in [2.05, 4.69) is 15.2 Å². The summed E-state index contributed by atoms with van der Waals surface area (Å²) >= 11 is 0. The van der Waals surface area contributed by atoms with Gasteiger partial charge in [-0.2, -0.15) is 5.10 Å². The monoisotopic (exact) mass is 152 g/mol. The van der Waals surface area contributed by atoms with Crippen molar-refractivity contribution in [3.8, 4) is 0 Å². The van der Waals surface area contributed by atoms with E-state index in [0.717, 1.165) is 17.9 Å². The normalized spacial score (nSPS) is 10.0. The third-order valence-electron chi connectivity index (χ3n) is 1.39. The lowest BCUT2D eigenvalue weighted by Gasteiger charge is -1.95. The van der Waals surface area contributed by atoms with Gasteiger partial charge in [0.1, 0.15) is 0 Å². The maximum absolute atomic E-state index is 5.32. The van der Waals surface area contributed by atoms with Gasteiger partial charge in [-0.3, -0.25) is 0 Å². The van der Waals surface area contributed by atoms with Gasteiger partial charge in [0.05, 0.1) is 11.9 Å². The zero-order valence-electron chi connectivity index (χ0n) is 6.62. The summed E-state index contributed by atoms with van der Waals surface area (Å²) in [6.07, 6.45) is 3.33. The van der Waals surface area contributed by atoms with Crippen LogP contribution < -0.4 is 5.73 Å². The van der Waals surface area contributed by atoms with Crippen LogP contribution in [0.4, 0.5) is 0 Å². The smallest absolute Gasteiger partial charge is 0.152 e. The molecule has 0 aromatic carbocycles. The van der Waals surface area contributed by atoms with E-state index in [4.69, 9.17) is 5.73 Å². The third-order valence-corrected chi connectivity index (χ3v) is 1.39. The van der Waals surface area contributed by atoms with E-state index < -0.39 is 0 Å². The van der Waals surface area contributed by atoms with Crippen molar-refractivity contribution >= 4 is 0 Å². The summed E-state index contributed by atoms with van der Waals surface area (Å²) in [5.41, 5.74) is 6.25. The first-order valence-corrected chi connectivity index (χ1v) is 3.74. The Bertz CT molecular complexity index is 206. The number of aryl methyl sites for hydroxylation is 1. The van der Waals surface area contributed by atoms with Crippen molar-refractivity contribution in [1.82, 2.24) is 15.2 Å². The van der Waals surface area contributed by atoms with Crippen LogP contribution in [0.15, 0.2) is 6.20 Å². The highest BCUT2D eigenvalue weighted by Gasteiger charge is 1.95. The fourth-order valence-corrected chi connectivity index (χ4v) is 0.728. The average Bonchev–Trinajstić information content (AvgIpc) is 2.07. The molecule has 0 aliphatic heterocycles. The first kappa shape index (κ1) is 8.07. The molecule has 0 bridgehead atoms. The van der Waals surface area contributed by atoms with Crippen molar-refractivity contribution in [2.75, 3.05) is 6.54 Å². The van der Waals surface area contributed by atoms with Crippen LogP contribution in [-0.2, 0) is 12.8 Å². The predicted molar refractivity (Wildman–Crippen MR) is 42.0 cm³/mol. The first-order chi connectivity index (χ1) is 5.36. The van der Waals surface area contributed by atoms with Gasteiger partial charge in [-0.05, 0) is 13.0 Å². The molecule has 11 heavy (non-hydrogen) atoms. The lowest BCUT2D eigenvalue weighted by atomic mass is 10.3. The van der Waals surface area contributed by atoms with Gasteiger partial charge < -0.3 is 5.73 Å².